The summed E-state index contributed by atoms with van der Waals surface area (Å²) in [5.41, 5.74) is 4.10. The number of hydrogen-bond donors (Lipinski definition) is 2. The van der Waals surface area contributed by atoms with Gasteiger partial charge in [0, 0.05) is 10.2 Å². The first kappa shape index (κ1) is 17.3. The number of aryl methyl sites for hydroxylation is 3. The van der Waals surface area contributed by atoms with E-state index in [1.54, 1.807) is 0 Å². The first-order chi connectivity index (χ1) is 11.0. The van der Waals surface area contributed by atoms with Crippen molar-refractivity contribution in [2.75, 3.05) is 18.5 Å². The van der Waals surface area contributed by atoms with Crippen molar-refractivity contribution in [3.63, 3.8) is 0 Å². The van der Waals surface area contributed by atoms with Crippen LogP contribution in [0, 0.1) is 20.8 Å². The van der Waals surface area contributed by atoms with Crippen LogP contribution in [0.3, 0.4) is 0 Å². The largest absolute Gasteiger partial charge is 0.491 e. The average Bonchev–Trinajstić information content (AvgIpc) is 2.48. The van der Waals surface area contributed by atoms with Crippen molar-refractivity contribution in [3.05, 3.63) is 57.6 Å². The molecule has 2 rings (SSSR count). The minimum absolute atomic E-state index is 0.236. The van der Waals surface area contributed by atoms with Crippen LogP contribution in [0.15, 0.2) is 40.9 Å². The van der Waals surface area contributed by atoms with Gasteiger partial charge in [0.1, 0.15) is 12.4 Å². The predicted molar refractivity (Wildman–Crippen MR) is 97.3 cm³/mol. The van der Waals surface area contributed by atoms with Gasteiger partial charge in [-0.1, -0.05) is 33.6 Å². The predicted octanol–water partition coefficient (Wildman–Crippen LogP) is 4.57. The quantitative estimate of drug-likeness (QED) is 0.750. The molecule has 4 nitrogen and oxygen atoms in total. The van der Waals surface area contributed by atoms with Gasteiger partial charge >= 0.3 is 6.03 Å². The van der Waals surface area contributed by atoms with E-state index in [9.17, 15) is 4.79 Å². The summed E-state index contributed by atoms with van der Waals surface area (Å²) in [5.74, 6) is 0.849. The Balaban J connectivity index is 1.76. The van der Waals surface area contributed by atoms with Crippen LogP contribution in [0.25, 0.3) is 0 Å². The Morgan fingerprint density at radius 3 is 2.57 bits per heavy atom. The van der Waals surface area contributed by atoms with Crippen molar-refractivity contribution in [2.24, 2.45) is 0 Å². The number of rotatable bonds is 5. The lowest BCUT2D eigenvalue weighted by atomic mass is 10.1. The molecule has 0 spiro atoms. The summed E-state index contributed by atoms with van der Waals surface area (Å²) in [6.07, 6.45) is 0. The highest BCUT2D eigenvalue weighted by Gasteiger charge is 2.05. The highest BCUT2D eigenvalue weighted by atomic mass is 79.9. The van der Waals surface area contributed by atoms with Crippen LogP contribution in [-0.2, 0) is 0 Å². The van der Waals surface area contributed by atoms with Crippen molar-refractivity contribution < 1.29 is 9.53 Å². The van der Waals surface area contributed by atoms with Crippen LogP contribution >= 0.6 is 15.9 Å². The zero-order valence-electron chi connectivity index (χ0n) is 13.6. The monoisotopic (exact) mass is 376 g/mol. The SMILES string of the molecule is Cc1ccc(OCCNC(=O)Nc2ccc(Br)cc2C)c(C)c1. The normalized spacial score (nSPS) is 10.3. The van der Waals surface area contributed by atoms with Gasteiger partial charge in [-0.2, -0.15) is 0 Å². The Morgan fingerprint density at radius 1 is 1.09 bits per heavy atom. The third-order valence-corrected chi connectivity index (χ3v) is 3.91. The molecule has 2 aromatic carbocycles. The lowest BCUT2D eigenvalue weighted by molar-refractivity contribution is 0.247. The molecule has 0 saturated carbocycles. The Hall–Kier alpha value is -2.01. The third-order valence-electron chi connectivity index (χ3n) is 3.41. The van der Waals surface area contributed by atoms with Gasteiger partial charge < -0.3 is 15.4 Å². The van der Waals surface area contributed by atoms with E-state index < -0.39 is 0 Å². The van der Waals surface area contributed by atoms with E-state index in [-0.39, 0.29) is 6.03 Å². The Labute approximate surface area is 145 Å². The first-order valence-electron chi connectivity index (χ1n) is 7.47. The summed E-state index contributed by atoms with van der Waals surface area (Å²) in [6, 6.07) is 11.5. The van der Waals surface area contributed by atoms with Gasteiger partial charge in [-0.3, -0.25) is 0 Å². The first-order valence-corrected chi connectivity index (χ1v) is 8.26. The molecule has 0 aliphatic rings. The molecule has 0 aromatic heterocycles. The topological polar surface area (TPSA) is 50.4 Å². The van der Waals surface area contributed by atoms with Crippen molar-refractivity contribution in [1.82, 2.24) is 5.32 Å². The molecule has 0 unspecified atom stereocenters. The van der Waals surface area contributed by atoms with Crippen LogP contribution in [-0.4, -0.2) is 19.2 Å². The maximum Gasteiger partial charge on any atom is 0.319 e. The van der Waals surface area contributed by atoms with Gasteiger partial charge in [-0.15, -0.1) is 0 Å². The minimum Gasteiger partial charge on any atom is -0.491 e. The number of carbonyl (C=O) groups is 1. The zero-order chi connectivity index (χ0) is 16.8. The molecule has 2 aromatic rings. The lowest BCUT2D eigenvalue weighted by Crippen LogP contribution is -2.32. The molecule has 0 atom stereocenters. The van der Waals surface area contributed by atoms with E-state index in [2.05, 4.69) is 32.6 Å². The molecular formula is C18H21BrN2O2. The molecule has 2 amide bonds. The van der Waals surface area contributed by atoms with E-state index in [1.807, 2.05) is 51.1 Å². The molecule has 0 aliphatic carbocycles. The second-order valence-electron chi connectivity index (χ2n) is 5.46. The van der Waals surface area contributed by atoms with Crippen LogP contribution in [0.4, 0.5) is 10.5 Å². The highest BCUT2D eigenvalue weighted by molar-refractivity contribution is 9.10. The summed E-state index contributed by atoms with van der Waals surface area (Å²) in [4.78, 5) is 11.9. The van der Waals surface area contributed by atoms with Crippen molar-refractivity contribution in [3.8, 4) is 5.75 Å². The number of ether oxygens (including phenoxy) is 1. The Bertz CT molecular complexity index is 701. The van der Waals surface area contributed by atoms with E-state index >= 15 is 0 Å². The molecule has 5 heteroatoms. The van der Waals surface area contributed by atoms with Gasteiger partial charge in [0.25, 0.3) is 0 Å². The summed E-state index contributed by atoms with van der Waals surface area (Å²) in [7, 11) is 0. The molecule has 0 saturated heterocycles. The zero-order valence-corrected chi connectivity index (χ0v) is 15.2. The number of carbonyl (C=O) groups excluding carboxylic acids is 1. The average molecular weight is 377 g/mol. The van der Waals surface area contributed by atoms with E-state index in [1.165, 1.54) is 5.56 Å². The van der Waals surface area contributed by atoms with Gasteiger partial charge in [-0.05, 0) is 56.2 Å². The maximum absolute atomic E-state index is 11.9. The number of hydrogen-bond acceptors (Lipinski definition) is 2. The minimum atomic E-state index is -0.236. The van der Waals surface area contributed by atoms with Gasteiger partial charge in [0.2, 0.25) is 0 Å². The van der Waals surface area contributed by atoms with Gasteiger partial charge in [0.15, 0.2) is 0 Å². The standard InChI is InChI=1S/C18H21BrN2O2/c1-12-4-7-17(14(3)10-12)23-9-8-20-18(22)21-16-6-5-15(19)11-13(16)2/h4-7,10-11H,8-9H2,1-3H3,(H2,20,21,22). The molecule has 2 N–H and O–H groups in total. The second kappa shape index (κ2) is 8.02. The highest BCUT2D eigenvalue weighted by Crippen LogP contribution is 2.20. The second-order valence-corrected chi connectivity index (χ2v) is 6.37. The van der Waals surface area contributed by atoms with Crippen LogP contribution in [0.2, 0.25) is 0 Å². The molecule has 0 bridgehead atoms. The number of nitrogens with one attached hydrogen (secondary N) is 2. The molecule has 0 heterocycles. The number of amides is 2. The third kappa shape index (κ3) is 5.28. The van der Waals surface area contributed by atoms with Crippen LogP contribution in [0.1, 0.15) is 16.7 Å². The van der Waals surface area contributed by atoms with Crippen molar-refractivity contribution in [1.29, 1.82) is 0 Å². The van der Waals surface area contributed by atoms with Gasteiger partial charge in [-0.25, -0.2) is 4.79 Å². The van der Waals surface area contributed by atoms with Gasteiger partial charge in [0.05, 0.1) is 6.54 Å². The van der Waals surface area contributed by atoms with E-state index in [4.69, 9.17) is 4.74 Å². The lowest BCUT2D eigenvalue weighted by Gasteiger charge is -2.12. The fourth-order valence-electron chi connectivity index (χ4n) is 2.22. The summed E-state index contributed by atoms with van der Waals surface area (Å²) < 4.78 is 6.67. The maximum atomic E-state index is 11.9. The molecule has 122 valence electrons. The molecule has 0 fully saturated rings. The van der Waals surface area contributed by atoms with Crippen molar-refractivity contribution in [2.45, 2.75) is 20.8 Å². The fraction of sp³-hybridized carbons (Fsp3) is 0.278. The van der Waals surface area contributed by atoms with Crippen LogP contribution < -0.4 is 15.4 Å². The fourth-order valence-corrected chi connectivity index (χ4v) is 2.70. The summed E-state index contributed by atoms with van der Waals surface area (Å²) in [6.45, 7) is 6.88. The van der Waals surface area contributed by atoms with Crippen molar-refractivity contribution >= 4 is 27.6 Å². The summed E-state index contributed by atoms with van der Waals surface area (Å²) in [5, 5.41) is 5.62. The summed E-state index contributed by atoms with van der Waals surface area (Å²) >= 11 is 3.40. The Morgan fingerprint density at radius 2 is 1.87 bits per heavy atom. The van der Waals surface area contributed by atoms with Crippen LogP contribution in [0.5, 0.6) is 5.75 Å². The van der Waals surface area contributed by atoms with E-state index in [0.717, 1.165) is 27.0 Å². The smallest absolute Gasteiger partial charge is 0.319 e. The Kier molecular flexibility index (Phi) is 6.04. The number of anilines is 1. The number of halogens is 1. The number of urea groups is 1. The van der Waals surface area contributed by atoms with E-state index in [0.29, 0.717) is 13.2 Å². The molecule has 0 radical (unpaired) electrons. The molecule has 23 heavy (non-hydrogen) atoms. The molecular weight excluding hydrogens is 356 g/mol. The number of benzene rings is 2. The molecule has 0 aliphatic heterocycles.